The van der Waals surface area contributed by atoms with E-state index in [1.54, 1.807) is 6.92 Å². The molecule has 0 bridgehead atoms. The van der Waals surface area contributed by atoms with Crippen LogP contribution >= 0.6 is 0 Å². The number of nitrogens with zero attached hydrogens (tertiary/aromatic N) is 2. The fourth-order valence-corrected chi connectivity index (χ4v) is 4.30. The molecule has 1 saturated heterocycles. The minimum Gasteiger partial charge on any atom is -0.325 e. The molecule has 4 N–H and O–H groups in total. The molecule has 2 rings (SSSR count). The van der Waals surface area contributed by atoms with Crippen molar-refractivity contribution in [1.29, 1.82) is 0 Å². The summed E-state index contributed by atoms with van der Waals surface area (Å²) in [6.07, 6.45) is 1.62. The van der Waals surface area contributed by atoms with E-state index in [9.17, 15) is 8.42 Å². The third-order valence-corrected chi connectivity index (χ3v) is 5.68. The number of H-pyrrole nitrogens is 1. The lowest BCUT2D eigenvalue weighted by atomic mass is 10.0. The van der Waals surface area contributed by atoms with Gasteiger partial charge in [0.1, 0.15) is 4.90 Å². The summed E-state index contributed by atoms with van der Waals surface area (Å²) >= 11 is 0. The first-order valence-electron chi connectivity index (χ1n) is 6.81. The summed E-state index contributed by atoms with van der Waals surface area (Å²) in [4.78, 5) is 2.44. The molecule has 20 heavy (non-hydrogen) atoms. The van der Waals surface area contributed by atoms with Gasteiger partial charge >= 0.3 is 0 Å². The summed E-state index contributed by atoms with van der Waals surface area (Å²) in [6, 6.07) is 0.335. The number of piperidine rings is 1. The van der Waals surface area contributed by atoms with Crippen LogP contribution in [0.25, 0.3) is 0 Å². The molecule has 0 spiro atoms. The largest absolute Gasteiger partial charge is 0.325 e. The Morgan fingerprint density at radius 1 is 1.55 bits per heavy atom. The van der Waals surface area contributed by atoms with Crippen LogP contribution in [0, 0.1) is 6.92 Å². The van der Waals surface area contributed by atoms with Gasteiger partial charge in [-0.25, -0.2) is 13.1 Å². The summed E-state index contributed by atoms with van der Waals surface area (Å²) in [5.41, 5.74) is 6.46. The molecule has 2 atom stereocenters. The smallest absolute Gasteiger partial charge is 0.244 e. The van der Waals surface area contributed by atoms with Crippen molar-refractivity contribution >= 4 is 10.0 Å². The Bertz CT molecular complexity index is 568. The monoisotopic (exact) mass is 301 g/mol. The molecule has 0 saturated carbocycles. The third-order valence-electron chi connectivity index (χ3n) is 3.95. The van der Waals surface area contributed by atoms with E-state index in [-0.39, 0.29) is 17.5 Å². The molecule has 7 nitrogen and oxygen atoms in total. The van der Waals surface area contributed by atoms with Gasteiger partial charge in [0.15, 0.2) is 0 Å². The van der Waals surface area contributed by atoms with E-state index in [0.717, 1.165) is 19.4 Å². The molecule has 1 aliphatic heterocycles. The lowest BCUT2D eigenvalue weighted by Crippen LogP contribution is -2.47. The van der Waals surface area contributed by atoms with Crippen molar-refractivity contribution in [3.05, 3.63) is 11.4 Å². The Balaban J connectivity index is 2.17. The van der Waals surface area contributed by atoms with Crippen LogP contribution in [0.2, 0.25) is 0 Å². The lowest BCUT2D eigenvalue weighted by molar-refractivity contribution is 0.178. The number of sulfonamides is 1. The molecule has 2 unspecified atom stereocenters. The highest BCUT2D eigenvalue weighted by Gasteiger charge is 2.30. The molecule has 8 heteroatoms. The first kappa shape index (κ1) is 15.4. The zero-order valence-corrected chi connectivity index (χ0v) is 13.0. The zero-order valence-electron chi connectivity index (χ0n) is 12.2. The predicted octanol–water partition coefficient (Wildman–Crippen LogP) is -0.0622. The Morgan fingerprint density at radius 3 is 2.85 bits per heavy atom. The van der Waals surface area contributed by atoms with E-state index >= 15 is 0 Å². The molecule has 1 aromatic rings. The number of aromatic amines is 1. The van der Waals surface area contributed by atoms with Gasteiger partial charge in [0, 0.05) is 18.6 Å². The van der Waals surface area contributed by atoms with E-state index in [0.29, 0.717) is 17.4 Å². The van der Waals surface area contributed by atoms with Crippen molar-refractivity contribution in [3.8, 4) is 0 Å². The average molecular weight is 301 g/mol. The van der Waals surface area contributed by atoms with Crippen LogP contribution in [0.15, 0.2) is 4.90 Å². The maximum absolute atomic E-state index is 12.5. The molecule has 0 amide bonds. The Kier molecular flexibility index (Phi) is 4.48. The van der Waals surface area contributed by atoms with Crippen LogP contribution in [-0.4, -0.2) is 49.2 Å². The second kappa shape index (κ2) is 5.80. The highest BCUT2D eigenvalue weighted by Crippen LogP contribution is 2.21. The molecule has 0 radical (unpaired) electrons. The summed E-state index contributed by atoms with van der Waals surface area (Å²) in [6.45, 7) is 4.79. The number of aromatic nitrogens is 2. The third kappa shape index (κ3) is 3.03. The van der Waals surface area contributed by atoms with Gasteiger partial charge in [-0.15, -0.1) is 0 Å². The number of likely N-dealkylation sites (tertiary alicyclic amines) is 1. The molecule has 0 aromatic carbocycles. The molecule has 114 valence electrons. The molecule has 1 fully saturated rings. The molecule has 2 heterocycles. The summed E-state index contributed by atoms with van der Waals surface area (Å²) in [5, 5.41) is 6.63. The van der Waals surface area contributed by atoms with Crippen molar-refractivity contribution < 1.29 is 8.42 Å². The van der Waals surface area contributed by atoms with Crippen LogP contribution in [0.5, 0.6) is 0 Å². The van der Waals surface area contributed by atoms with Gasteiger partial charge in [0.2, 0.25) is 10.0 Å². The van der Waals surface area contributed by atoms with Crippen LogP contribution in [0.1, 0.15) is 31.2 Å². The van der Waals surface area contributed by atoms with Crippen molar-refractivity contribution in [2.75, 3.05) is 13.6 Å². The van der Waals surface area contributed by atoms with Gasteiger partial charge in [-0.05, 0) is 40.3 Å². The van der Waals surface area contributed by atoms with Crippen molar-refractivity contribution in [2.45, 2.75) is 50.2 Å². The number of nitrogens with one attached hydrogen (secondary N) is 2. The fraction of sp³-hybridized carbons (Fsp3) is 0.750. The number of rotatable bonds is 4. The second-order valence-electron chi connectivity index (χ2n) is 5.50. The van der Waals surface area contributed by atoms with Crippen LogP contribution in [-0.2, 0) is 16.6 Å². The molecular weight excluding hydrogens is 278 g/mol. The fourth-order valence-electron chi connectivity index (χ4n) is 2.64. The second-order valence-corrected chi connectivity index (χ2v) is 7.15. The van der Waals surface area contributed by atoms with Crippen molar-refractivity contribution in [3.63, 3.8) is 0 Å². The highest BCUT2D eigenvalue weighted by atomic mass is 32.2. The Morgan fingerprint density at radius 2 is 2.25 bits per heavy atom. The summed E-state index contributed by atoms with van der Waals surface area (Å²) in [7, 11) is -1.52. The normalized spacial score (nSPS) is 25.0. The topological polar surface area (TPSA) is 104 Å². The minimum atomic E-state index is -3.57. The molecule has 1 aliphatic rings. The number of aryl methyl sites for hydroxylation is 1. The molecule has 0 aliphatic carbocycles. The quantitative estimate of drug-likeness (QED) is 0.722. The van der Waals surface area contributed by atoms with E-state index in [1.165, 1.54) is 0 Å². The Labute approximate surface area is 120 Å². The van der Waals surface area contributed by atoms with E-state index in [1.807, 2.05) is 0 Å². The van der Waals surface area contributed by atoms with Gasteiger partial charge < -0.3 is 10.6 Å². The summed E-state index contributed by atoms with van der Waals surface area (Å²) < 4.78 is 27.8. The minimum absolute atomic E-state index is 0.0360. The van der Waals surface area contributed by atoms with Crippen molar-refractivity contribution in [2.24, 2.45) is 5.73 Å². The summed E-state index contributed by atoms with van der Waals surface area (Å²) in [5.74, 6) is 0. The maximum Gasteiger partial charge on any atom is 0.244 e. The predicted molar refractivity (Wildman–Crippen MR) is 76.7 cm³/mol. The van der Waals surface area contributed by atoms with E-state index in [4.69, 9.17) is 5.73 Å². The SMILES string of the molecule is Cc1[nH]nc(CN)c1S(=O)(=O)NC1CCN(C)C(C)C1. The van der Waals surface area contributed by atoms with Gasteiger partial charge in [-0.2, -0.15) is 5.10 Å². The van der Waals surface area contributed by atoms with Gasteiger partial charge in [0.05, 0.1) is 11.4 Å². The van der Waals surface area contributed by atoms with Crippen LogP contribution in [0.4, 0.5) is 0 Å². The first-order valence-corrected chi connectivity index (χ1v) is 8.30. The number of hydrogen-bond donors (Lipinski definition) is 3. The van der Waals surface area contributed by atoms with Gasteiger partial charge in [0.25, 0.3) is 0 Å². The molecule has 1 aromatic heterocycles. The first-order chi connectivity index (χ1) is 9.35. The van der Waals surface area contributed by atoms with Crippen molar-refractivity contribution in [1.82, 2.24) is 19.8 Å². The van der Waals surface area contributed by atoms with E-state index in [2.05, 4.69) is 33.8 Å². The standard InChI is InChI=1S/C12H23N5O2S/c1-8-6-10(4-5-17(8)3)16-20(18,19)12-9(2)14-15-11(12)7-13/h8,10,16H,4-7,13H2,1-3H3,(H,14,15). The highest BCUT2D eigenvalue weighted by molar-refractivity contribution is 7.89. The number of nitrogens with two attached hydrogens (primary N) is 1. The van der Waals surface area contributed by atoms with E-state index < -0.39 is 10.0 Å². The van der Waals surface area contributed by atoms with Gasteiger partial charge in [-0.1, -0.05) is 0 Å². The Hall–Kier alpha value is -0.960. The average Bonchev–Trinajstić information content (AvgIpc) is 2.75. The molecular formula is C12H23N5O2S. The van der Waals surface area contributed by atoms with Gasteiger partial charge in [-0.3, -0.25) is 5.10 Å². The lowest BCUT2D eigenvalue weighted by Gasteiger charge is -2.35. The number of hydrogen-bond acceptors (Lipinski definition) is 5. The maximum atomic E-state index is 12.5. The van der Waals surface area contributed by atoms with Crippen LogP contribution in [0.3, 0.4) is 0 Å². The van der Waals surface area contributed by atoms with Crippen LogP contribution < -0.4 is 10.5 Å². The zero-order chi connectivity index (χ0) is 14.9.